The van der Waals surface area contributed by atoms with E-state index in [0.717, 1.165) is 49.7 Å². The summed E-state index contributed by atoms with van der Waals surface area (Å²) in [6.45, 7) is 3.85. The monoisotopic (exact) mass is 508 g/mol. The van der Waals surface area contributed by atoms with Crippen LogP contribution in [0.2, 0.25) is 0 Å². The van der Waals surface area contributed by atoms with Gasteiger partial charge in [-0.3, -0.25) is 14.6 Å². The van der Waals surface area contributed by atoms with Crippen LogP contribution < -0.4 is 15.4 Å². The lowest BCUT2D eigenvalue weighted by Gasteiger charge is -2.30. The van der Waals surface area contributed by atoms with Crippen LogP contribution in [0.1, 0.15) is 61.5 Å². The summed E-state index contributed by atoms with van der Waals surface area (Å²) in [6, 6.07) is 6.36. The molecular formula is C28H33FN4O4. The number of aromatic amines is 1. The average molecular weight is 509 g/mol. The van der Waals surface area contributed by atoms with Gasteiger partial charge >= 0.3 is 0 Å². The zero-order valence-corrected chi connectivity index (χ0v) is 21.1. The molecule has 0 aliphatic heterocycles. The number of hydrogen-bond donors (Lipinski definition) is 4. The van der Waals surface area contributed by atoms with Gasteiger partial charge in [-0.1, -0.05) is 0 Å². The van der Waals surface area contributed by atoms with E-state index >= 15 is 0 Å². The van der Waals surface area contributed by atoms with E-state index in [-0.39, 0.29) is 29.7 Å². The molecule has 1 aromatic carbocycles. The standard InChI is InChI=1S/C28H33FN4O4/c1-15-24(28(36)33-20-8-6-19(7-9-20)32-27(35)16(2)34)26-25(31-15)22(11-12-30-26)21-10-5-18(29)13-23(21)37-14-17-3-4-17/h5,10-13,16-17,19-20,31,34H,3-4,6-9,14H2,1-2H3,(H,32,35)(H,33,36)/t16-,19-,20-/m0/s1. The second-order valence-corrected chi connectivity index (χ2v) is 10.3. The molecule has 0 radical (unpaired) electrons. The average Bonchev–Trinajstić information content (AvgIpc) is 3.63. The quantitative estimate of drug-likeness (QED) is 0.367. The fraction of sp³-hybridized carbons (Fsp3) is 0.464. The highest BCUT2D eigenvalue weighted by Gasteiger charge is 2.28. The van der Waals surface area contributed by atoms with Crippen LogP contribution in [0, 0.1) is 18.7 Å². The summed E-state index contributed by atoms with van der Waals surface area (Å²) < 4.78 is 20.0. The number of rotatable bonds is 8. The molecule has 2 heterocycles. The molecule has 2 aliphatic rings. The van der Waals surface area contributed by atoms with Gasteiger partial charge in [0.2, 0.25) is 5.91 Å². The molecule has 0 bridgehead atoms. The molecule has 3 aromatic rings. The lowest BCUT2D eigenvalue weighted by atomic mass is 9.90. The van der Waals surface area contributed by atoms with Crippen LogP contribution in [0.3, 0.4) is 0 Å². The molecule has 5 rings (SSSR count). The van der Waals surface area contributed by atoms with Crippen LogP contribution in [-0.4, -0.2) is 51.7 Å². The highest BCUT2D eigenvalue weighted by atomic mass is 19.1. The van der Waals surface area contributed by atoms with Crippen molar-refractivity contribution in [2.45, 2.75) is 70.6 Å². The van der Waals surface area contributed by atoms with Crippen LogP contribution in [0.25, 0.3) is 22.2 Å². The number of carbonyl (C=O) groups excluding carboxylic acids is 2. The number of aliphatic hydroxyl groups is 1. The first-order valence-electron chi connectivity index (χ1n) is 13.0. The van der Waals surface area contributed by atoms with Gasteiger partial charge < -0.3 is 25.5 Å². The zero-order valence-electron chi connectivity index (χ0n) is 21.1. The summed E-state index contributed by atoms with van der Waals surface area (Å²) in [5, 5.41) is 15.4. The van der Waals surface area contributed by atoms with Crippen LogP contribution >= 0.6 is 0 Å². The summed E-state index contributed by atoms with van der Waals surface area (Å²) in [6.07, 6.45) is 5.82. The third-order valence-electron chi connectivity index (χ3n) is 7.30. The molecule has 9 heteroatoms. The highest BCUT2D eigenvalue weighted by molar-refractivity contribution is 6.09. The number of carbonyl (C=O) groups is 2. The van der Waals surface area contributed by atoms with E-state index in [2.05, 4.69) is 20.6 Å². The predicted octanol–water partition coefficient (Wildman–Crippen LogP) is 4.00. The summed E-state index contributed by atoms with van der Waals surface area (Å²) in [5.41, 5.74) is 4.00. The number of H-pyrrole nitrogens is 1. The Bertz CT molecular complexity index is 1310. The Morgan fingerprint density at radius 1 is 1.11 bits per heavy atom. The van der Waals surface area contributed by atoms with Crippen LogP contribution in [0.5, 0.6) is 5.75 Å². The first-order chi connectivity index (χ1) is 17.8. The number of aromatic nitrogens is 2. The molecule has 0 unspecified atom stereocenters. The Morgan fingerprint density at radius 2 is 1.81 bits per heavy atom. The summed E-state index contributed by atoms with van der Waals surface area (Å²) >= 11 is 0. The molecule has 2 saturated carbocycles. The van der Waals surface area contributed by atoms with Gasteiger partial charge in [0.25, 0.3) is 5.91 Å². The van der Waals surface area contributed by atoms with E-state index in [0.29, 0.717) is 40.6 Å². The van der Waals surface area contributed by atoms with E-state index in [4.69, 9.17) is 4.74 Å². The normalized spacial score (nSPS) is 20.4. The first kappa shape index (κ1) is 25.2. The Balaban J connectivity index is 1.34. The van der Waals surface area contributed by atoms with Crippen LogP contribution in [0.15, 0.2) is 30.5 Å². The third-order valence-corrected chi connectivity index (χ3v) is 7.30. The Hall–Kier alpha value is -3.46. The number of aryl methyl sites for hydroxylation is 1. The van der Waals surface area contributed by atoms with Crippen molar-refractivity contribution in [1.29, 1.82) is 0 Å². The fourth-order valence-corrected chi connectivity index (χ4v) is 5.00. The summed E-state index contributed by atoms with van der Waals surface area (Å²) in [4.78, 5) is 33.0. The second-order valence-electron chi connectivity index (χ2n) is 10.3. The van der Waals surface area contributed by atoms with Gasteiger partial charge in [-0.15, -0.1) is 0 Å². The zero-order chi connectivity index (χ0) is 26.1. The van der Waals surface area contributed by atoms with Crippen molar-refractivity contribution in [3.8, 4) is 16.9 Å². The van der Waals surface area contributed by atoms with Crippen LogP contribution in [0.4, 0.5) is 4.39 Å². The van der Waals surface area contributed by atoms with Gasteiger partial charge in [0.05, 0.1) is 17.7 Å². The van der Waals surface area contributed by atoms with Crippen molar-refractivity contribution >= 4 is 22.8 Å². The van der Waals surface area contributed by atoms with E-state index < -0.39 is 6.10 Å². The Labute approximate surface area is 215 Å². The lowest BCUT2D eigenvalue weighted by molar-refractivity contribution is -0.129. The third kappa shape index (κ3) is 5.61. The van der Waals surface area contributed by atoms with Crippen molar-refractivity contribution in [3.05, 3.63) is 47.5 Å². The Kier molecular flexibility index (Phi) is 7.15. The number of halogens is 1. The van der Waals surface area contributed by atoms with Crippen molar-refractivity contribution in [1.82, 2.24) is 20.6 Å². The number of ether oxygens (including phenoxy) is 1. The van der Waals surface area contributed by atoms with Crippen LogP contribution in [-0.2, 0) is 4.79 Å². The molecule has 2 fully saturated rings. The maximum Gasteiger partial charge on any atom is 0.255 e. The minimum atomic E-state index is -1.03. The van der Waals surface area contributed by atoms with Crippen molar-refractivity contribution in [3.63, 3.8) is 0 Å². The van der Waals surface area contributed by atoms with Gasteiger partial charge in [-0.25, -0.2) is 4.39 Å². The van der Waals surface area contributed by atoms with Gasteiger partial charge in [0.1, 0.15) is 23.2 Å². The number of nitrogens with zero attached hydrogens (tertiary/aromatic N) is 1. The lowest BCUT2D eigenvalue weighted by Crippen LogP contribution is -2.46. The number of amides is 2. The molecule has 2 aliphatic carbocycles. The number of hydrogen-bond acceptors (Lipinski definition) is 5. The Morgan fingerprint density at radius 3 is 2.49 bits per heavy atom. The van der Waals surface area contributed by atoms with Gasteiger partial charge in [0.15, 0.2) is 0 Å². The maximum absolute atomic E-state index is 14.1. The molecular weight excluding hydrogens is 475 g/mol. The molecule has 4 N–H and O–H groups in total. The maximum atomic E-state index is 14.1. The molecule has 2 amide bonds. The number of pyridine rings is 1. The van der Waals surface area contributed by atoms with E-state index in [9.17, 15) is 19.1 Å². The van der Waals surface area contributed by atoms with Crippen molar-refractivity contribution in [2.24, 2.45) is 5.92 Å². The second kappa shape index (κ2) is 10.5. The van der Waals surface area contributed by atoms with Gasteiger partial charge in [0, 0.05) is 41.2 Å². The number of benzene rings is 1. The van der Waals surface area contributed by atoms with Crippen molar-refractivity contribution < 1.29 is 23.8 Å². The number of fused-ring (bicyclic) bond motifs is 1. The number of aliphatic hydroxyl groups excluding tert-OH is 1. The summed E-state index contributed by atoms with van der Waals surface area (Å²) in [5.74, 6) is 0.0845. The minimum Gasteiger partial charge on any atom is -0.493 e. The van der Waals surface area contributed by atoms with Crippen molar-refractivity contribution in [2.75, 3.05) is 6.61 Å². The largest absolute Gasteiger partial charge is 0.493 e. The highest BCUT2D eigenvalue weighted by Crippen LogP contribution is 2.38. The fourth-order valence-electron chi connectivity index (χ4n) is 5.00. The topological polar surface area (TPSA) is 116 Å². The minimum absolute atomic E-state index is 0.00124. The molecule has 8 nitrogen and oxygen atoms in total. The van der Waals surface area contributed by atoms with E-state index in [1.54, 1.807) is 12.3 Å². The van der Waals surface area contributed by atoms with E-state index in [1.807, 2.05) is 13.0 Å². The van der Waals surface area contributed by atoms with Gasteiger partial charge in [-0.05, 0) is 76.5 Å². The molecule has 0 spiro atoms. The first-order valence-corrected chi connectivity index (χ1v) is 13.0. The molecule has 0 saturated heterocycles. The smallest absolute Gasteiger partial charge is 0.255 e. The molecule has 2 aromatic heterocycles. The summed E-state index contributed by atoms with van der Waals surface area (Å²) in [7, 11) is 0. The van der Waals surface area contributed by atoms with E-state index in [1.165, 1.54) is 19.1 Å². The number of nitrogens with one attached hydrogen (secondary N) is 3. The molecule has 1 atom stereocenters. The molecule has 37 heavy (non-hydrogen) atoms. The van der Waals surface area contributed by atoms with Gasteiger partial charge in [-0.2, -0.15) is 0 Å². The predicted molar refractivity (Wildman–Crippen MR) is 138 cm³/mol. The SMILES string of the molecule is Cc1[nH]c2c(-c3ccc(F)cc3OCC3CC3)ccnc2c1C(=O)N[C@H]1CC[C@H](NC(=O)[C@H](C)O)CC1. The molecule has 196 valence electrons.